The van der Waals surface area contributed by atoms with Gasteiger partial charge in [0.25, 0.3) is 0 Å². The molecule has 42 heavy (non-hydrogen) atoms. The Morgan fingerprint density at radius 3 is 2.69 bits per heavy atom. The summed E-state index contributed by atoms with van der Waals surface area (Å²) in [6.07, 6.45) is -0.126. The first kappa shape index (κ1) is 29.1. The third kappa shape index (κ3) is 7.06. The maximum absolute atomic E-state index is 12.7. The lowest BCUT2D eigenvalue weighted by Crippen LogP contribution is -2.43. The summed E-state index contributed by atoms with van der Waals surface area (Å²) in [7, 11) is 0. The van der Waals surface area contributed by atoms with Gasteiger partial charge in [0.05, 0.1) is 36.4 Å². The molecule has 11 nitrogen and oxygen atoms in total. The summed E-state index contributed by atoms with van der Waals surface area (Å²) in [5, 5.41) is 25.5. The van der Waals surface area contributed by atoms with Gasteiger partial charge in [0.1, 0.15) is 11.5 Å². The molecule has 1 aliphatic rings. The van der Waals surface area contributed by atoms with Crippen LogP contribution in [0.1, 0.15) is 30.2 Å². The number of nitrogens with one attached hydrogen (secondary N) is 2. The zero-order chi connectivity index (χ0) is 29.5. The normalized spacial score (nSPS) is 17.4. The number of phenolic OH excluding ortho intramolecular Hbond substituents is 1. The van der Waals surface area contributed by atoms with Crippen molar-refractivity contribution in [2.75, 3.05) is 25.1 Å². The molecule has 11 heteroatoms. The average molecular weight is 574 g/mol. The molecule has 2 heterocycles. The molecule has 4 aromatic rings. The molecule has 1 aliphatic heterocycles. The van der Waals surface area contributed by atoms with Gasteiger partial charge < -0.3 is 36.1 Å². The highest BCUT2D eigenvalue weighted by molar-refractivity contribution is 5.87. The highest BCUT2D eigenvalue weighted by atomic mass is 16.5. The lowest BCUT2D eigenvalue weighted by atomic mass is 10.1. The third-order valence-electron chi connectivity index (χ3n) is 7.11. The first-order chi connectivity index (χ1) is 20.4. The van der Waals surface area contributed by atoms with Gasteiger partial charge in [0.2, 0.25) is 11.9 Å². The topological polar surface area (TPSA) is 161 Å². The minimum absolute atomic E-state index is 0.104. The number of aliphatic hydroxyl groups excluding tert-OH is 1. The van der Waals surface area contributed by atoms with Crippen LogP contribution in [0.5, 0.6) is 11.5 Å². The maximum atomic E-state index is 12.7. The van der Waals surface area contributed by atoms with E-state index in [9.17, 15) is 19.8 Å². The lowest BCUT2D eigenvalue weighted by Gasteiger charge is -2.17. The zero-order valence-electron chi connectivity index (χ0n) is 23.1. The minimum atomic E-state index is -0.851. The molecule has 220 valence electrons. The van der Waals surface area contributed by atoms with Crippen LogP contribution in [0.25, 0.3) is 11.0 Å². The summed E-state index contributed by atoms with van der Waals surface area (Å²) in [4.78, 5) is 29.3. The number of primary amides is 1. The van der Waals surface area contributed by atoms with E-state index >= 15 is 0 Å². The number of phenols is 1. The summed E-state index contributed by atoms with van der Waals surface area (Å²) < 4.78 is 13.5. The Bertz CT molecular complexity index is 1520. The van der Waals surface area contributed by atoms with Crippen LogP contribution in [0.2, 0.25) is 0 Å². The Morgan fingerprint density at radius 1 is 1.12 bits per heavy atom. The van der Waals surface area contributed by atoms with Gasteiger partial charge in [-0.2, -0.15) is 0 Å². The fourth-order valence-electron chi connectivity index (χ4n) is 4.96. The molecule has 0 bridgehead atoms. The number of rotatable bonds is 14. The number of benzene rings is 3. The van der Waals surface area contributed by atoms with Crippen molar-refractivity contribution in [1.82, 2.24) is 14.9 Å². The number of anilines is 1. The number of Topliss-reactive ketones (excluding diaryl/α,β-unsaturated/α-hetero) is 1. The van der Waals surface area contributed by atoms with Crippen LogP contribution in [0.3, 0.4) is 0 Å². The number of nitrogens with zero attached hydrogens (tertiary/aromatic N) is 2. The van der Waals surface area contributed by atoms with E-state index in [0.29, 0.717) is 44.2 Å². The van der Waals surface area contributed by atoms with Crippen molar-refractivity contribution in [2.24, 2.45) is 5.73 Å². The molecule has 1 saturated heterocycles. The molecule has 0 radical (unpaired) electrons. The van der Waals surface area contributed by atoms with Crippen molar-refractivity contribution in [3.63, 3.8) is 0 Å². The first-order valence-corrected chi connectivity index (χ1v) is 13.9. The largest absolute Gasteiger partial charge is 0.508 e. The highest BCUT2D eigenvalue weighted by Gasteiger charge is 2.36. The molecule has 6 N–H and O–H groups in total. The number of aliphatic hydroxyl groups is 1. The fraction of sp³-hybridized carbons (Fsp3) is 0.323. The van der Waals surface area contributed by atoms with Crippen molar-refractivity contribution in [3.8, 4) is 11.5 Å². The van der Waals surface area contributed by atoms with E-state index in [0.717, 1.165) is 22.2 Å². The van der Waals surface area contributed by atoms with E-state index < -0.39 is 24.3 Å². The Morgan fingerprint density at radius 2 is 1.93 bits per heavy atom. The Balaban J connectivity index is 1.15. The fourth-order valence-corrected chi connectivity index (χ4v) is 4.96. The molecule has 3 aromatic carbocycles. The summed E-state index contributed by atoms with van der Waals surface area (Å²) in [6, 6.07) is 21.4. The van der Waals surface area contributed by atoms with E-state index in [1.54, 1.807) is 28.8 Å². The SMILES string of the molecule is NC(=O)[C@H](Cc1ccc(O)cc1)NCCCOc1cccc(CNc2nc3ccccc3n2[C@@H]2O[C@H](CO)CC2=O)c1. The van der Waals surface area contributed by atoms with E-state index in [4.69, 9.17) is 15.2 Å². The monoisotopic (exact) mass is 573 g/mol. The minimum Gasteiger partial charge on any atom is -0.508 e. The predicted octanol–water partition coefficient (Wildman–Crippen LogP) is 2.66. The number of nitrogens with two attached hydrogens (primary N) is 1. The highest BCUT2D eigenvalue weighted by Crippen LogP contribution is 2.32. The van der Waals surface area contributed by atoms with Gasteiger partial charge in [0.15, 0.2) is 12.0 Å². The number of amides is 1. The van der Waals surface area contributed by atoms with Crippen molar-refractivity contribution >= 4 is 28.7 Å². The molecule has 0 spiro atoms. The molecule has 1 aromatic heterocycles. The summed E-state index contributed by atoms with van der Waals surface area (Å²) in [5.74, 6) is 0.842. The van der Waals surface area contributed by atoms with Crippen LogP contribution in [0.15, 0.2) is 72.8 Å². The number of ether oxygens (including phenoxy) is 2. The van der Waals surface area contributed by atoms with Gasteiger partial charge >= 0.3 is 0 Å². The molecule has 0 unspecified atom stereocenters. The van der Waals surface area contributed by atoms with Gasteiger partial charge in [-0.15, -0.1) is 0 Å². The van der Waals surface area contributed by atoms with Crippen LogP contribution in [-0.4, -0.2) is 63.4 Å². The number of para-hydroxylation sites is 2. The molecule has 3 atom stereocenters. The molecule has 5 rings (SSSR count). The van der Waals surface area contributed by atoms with Gasteiger partial charge in [-0.3, -0.25) is 14.2 Å². The van der Waals surface area contributed by atoms with Crippen LogP contribution >= 0.6 is 0 Å². The molecular weight excluding hydrogens is 538 g/mol. The number of imidazole rings is 1. The number of aromatic nitrogens is 2. The Hall–Kier alpha value is -4.45. The van der Waals surface area contributed by atoms with E-state index in [1.807, 2.05) is 48.5 Å². The first-order valence-electron chi connectivity index (χ1n) is 13.9. The number of ketones is 1. The number of hydrogen-bond donors (Lipinski definition) is 5. The van der Waals surface area contributed by atoms with Crippen LogP contribution in [-0.2, 0) is 27.3 Å². The summed E-state index contributed by atoms with van der Waals surface area (Å²) >= 11 is 0. The Kier molecular flexibility index (Phi) is 9.32. The van der Waals surface area contributed by atoms with Gasteiger partial charge in [0, 0.05) is 13.0 Å². The average Bonchev–Trinajstić information content (AvgIpc) is 3.55. The lowest BCUT2D eigenvalue weighted by molar-refractivity contribution is -0.127. The third-order valence-corrected chi connectivity index (χ3v) is 7.11. The van der Waals surface area contributed by atoms with E-state index in [-0.39, 0.29) is 24.6 Å². The zero-order valence-corrected chi connectivity index (χ0v) is 23.1. The quantitative estimate of drug-likeness (QED) is 0.143. The number of carbonyl (C=O) groups is 2. The summed E-state index contributed by atoms with van der Waals surface area (Å²) in [5.41, 5.74) is 8.92. The van der Waals surface area contributed by atoms with Gasteiger partial charge in [-0.1, -0.05) is 36.4 Å². The second kappa shape index (κ2) is 13.5. The standard InChI is InChI=1S/C31H35N5O6/c32-29(40)26(16-20-9-11-22(38)12-10-20)33-13-4-14-41-23-6-3-5-21(15-23)18-34-31-35-25-7-1-2-8-27(25)36(31)30-28(39)17-24(19-37)42-30/h1-3,5-12,15,24,26,30,33,37-38H,4,13-14,16-19H2,(H2,32,40)(H,34,35)/t24-,26-,30+/m0/s1. The summed E-state index contributed by atoms with van der Waals surface area (Å²) in [6.45, 7) is 1.20. The number of fused-ring (bicyclic) bond motifs is 1. The molecule has 0 aliphatic carbocycles. The van der Waals surface area contributed by atoms with Crippen molar-refractivity contribution in [3.05, 3.63) is 83.9 Å². The van der Waals surface area contributed by atoms with E-state index in [1.165, 1.54) is 0 Å². The molecule has 0 saturated carbocycles. The number of carbonyl (C=O) groups excluding carboxylic acids is 2. The molecule has 1 fully saturated rings. The second-order valence-electron chi connectivity index (χ2n) is 10.2. The van der Waals surface area contributed by atoms with Crippen LogP contribution < -0.4 is 21.1 Å². The van der Waals surface area contributed by atoms with Crippen LogP contribution in [0.4, 0.5) is 5.95 Å². The van der Waals surface area contributed by atoms with Crippen molar-refractivity contribution in [2.45, 2.75) is 44.2 Å². The number of aromatic hydroxyl groups is 1. The molecular formula is C31H35N5O6. The Labute approximate surface area is 243 Å². The number of hydrogen-bond acceptors (Lipinski definition) is 9. The second-order valence-corrected chi connectivity index (χ2v) is 10.2. The molecule has 1 amide bonds. The van der Waals surface area contributed by atoms with Crippen molar-refractivity contribution < 1.29 is 29.3 Å². The van der Waals surface area contributed by atoms with Gasteiger partial charge in [-0.25, -0.2) is 4.98 Å². The van der Waals surface area contributed by atoms with E-state index in [2.05, 4.69) is 15.6 Å². The van der Waals surface area contributed by atoms with Gasteiger partial charge in [-0.05, 0) is 66.9 Å². The smallest absolute Gasteiger partial charge is 0.234 e. The van der Waals surface area contributed by atoms with Crippen molar-refractivity contribution in [1.29, 1.82) is 0 Å². The maximum Gasteiger partial charge on any atom is 0.234 e. The van der Waals surface area contributed by atoms with Crippen LogP contribution in [0, 0.1) is 0 Å². The predicted molar refractivity (Wildman–Crippen MR) is 157 cm³/mol.